The normalized spacial score (nSPS) is 12.9. The molecule has 66 valence electrons. The van der Waals surface area contributed by atoms with E-state index in [0.717, 1.165) is 6.61 Å². The Morgan fingerprint density at radius 1 is 1.36 bits per heavy atom. The maximum atomic E-state index is 4.96. The molecule has 0 fully saturated rings. The van der Waals surface area contributed by atoms with Gasteiger partial charge < -0.3 is 4.74 Å². The van der Waals surface area contributed by atoms with Gasteiger partial charge in [0.1, 0.15) is 0 Å². The molecule has 1 heteroatoms. The van der Waals surface area contributed by atoms with Crippen molar-refractivity contribution in [2.75, 3.05) is 13.7 Å². The molecule has 0 amide bonds. The summed E-state index contributed by atoms with van der Waals surface area (Å²) < 4.78 is 4.96. The summed E-state index contributed by atoms with van der Waals surface area (Å²) in [5, 5.41) is 0. The number of hydrogen-bond donors (Lipinski definition) is 0. The van der Waals surface area contributed by atoms with Gasteiger partial charge in [0.2, 0.25) is 0 Å². The predicted octanol–water partition coefficient (Wildman–Crippen LogP) is 3.02. The molecule has 0 N–H and O–H groups in total. The molecule has 11 heavy (non-hydrogen) atoms. The molecule has 0 aromatic carbocycles. The number of methoxy groups -OCH3 is 1. The van der Waals surface area contributed by atoms with E-state index in [1.165, 1.54) is 25.7 Å². The molecule has 1 atom stereocenters. The maximum Gasteiger partial charge on any atom is 0.0462 e. The minimum Gasteiger partial charge on any atom is -0.385 e. The third kappa shape index (κ3) is 7.60. The highest BCUT2D eigenvalue weighted by Crippen LogP contribution is 2.09. The summed E-state index contributed by atoms with van der Waals surface area (Å²) in [6.45, 7) is 6.87. The second-order valence-electron chi connectivity index (χ2n) is 3.06. The van der Waals surface area contributed by atoms with Gasteiger partial charge in [-0.05, 0) is 18.8 Å². The quantitative estimate of drug-likeness (QED) is 0.406. The van der Waals surface area contributed by atoms with Crippen molar-refractivity contribution >= 4 is 0 Å². The summed E-state index contributed by atoms with van der Waals surface area (Å²) in [4.78, 5) is 0. The van der Waals surface area contributed by atoms with Crippen LogP contribution < -0.4 is 0 Å². The predicted molar refractivity (Wildman–Crippen MR) is 49.7 cm³/mol. The third-order valence-corrected chi connectivity index (χ3v) is 1.91. The van der Waals surface area contributed by atoms with E-state index in [4.69, 9.17) is 4.74 Å². The van der Waals surface area contributed by atoms with Gasteiger partial charge in [-0.25, -0.2) is 0 Å². The van der Waals surface area contributed by atoms with Crippen molar-refractivity contribution in [2.24, 2.45) is 5.92 Å². The van der Waals surface area contributed by atoms with Crippen molar-refractivity contribution in [3.63, 3.8) is 0 Å². The third-order valence-electron chi connectivity index (χ3n) is 1.91. The fraction of sp³-hybridized carbons (Fsp3) is 0.800. The van der Waals surface area contributed by atoms with Crippen LogP contribution in [-0.2, 0) is 4.74 Å². The number of rotatable bonds is 7. The molecule has 0 aliphatic carbocycles. The molecule has 0 saturated carbocycles. The van der Waals surface area contributed by atoms with E-state index in [-0.39, 0.29) is 0 Å². The Morgan fingerprint density at radius 3 is 2.64 bits per heavy atom. The van der Waals surface area contributed by atoms with Gasteiger partial charge in [0.05, 0.1) is 0 Å². The fourth-order valence-electron chi connectivity index (χ4n) is 1.01. The molecule has 0 aromatic heterocycles. The zero-order valence-electron chi connectivity index (χ0n) is 7.81. The molecular formula is C10H20O. The smallest absolute Gasteiger partial charge is 0.0462 e. The van der Waals surface area contributed by atoms with Crippen LogP contribution >= 0.6 is 0 Å². The number of allylic oxidation sites excluding steroid dienone is 1. The fourth-order valence-corrected chi connectivity index (χ4v) is 1.01. The first-order chi connectivity index (χ1) is 5.31. The lowest BCUT2D eigenvalue weighted by Crippen LogP contribution is -1.91. The highest BCUT2D eigenvalue weighted by atomic mass is 16.5. The Hall–Kier alpha value is -0.300. The SMILES string of the molecule is C=CC(C)CCCCCOC. The molecule has 0 bridgehead atoms. The summed E-state index contributed by atoms with van der Waals surface area (Å²) in [7, 11) is 1.76. The van der Waals surface area contributed by atoms with Crippen molar-refractivity contribution in [1.29, 1.82) is 0 Å². The molecule has 0 aromatic rings. The van der Waals surface area contributed by atoms with Gasteiger partial charge in [-0.3, -0.25) is 0 Å². The van der Waals surface area contributed by atoms with Crippen molar-refractivity contribution in [1.82, 2.24) is 0 Å². The summed E-state index contributed by atoms with van der Waals surface area (Å²) in [6.07, 6.45) is 7.08. The van der Waals surface area contributed by atoms with Gasteiger partial charge in [0, 0.05) is 13.7 Å². The highest BCUT2D eigenvalue weighted by Gasteiger charge is 1.94. The molecule has 0 radical (unpaired) electrons. The summed E-state index contributed by atoms with van der Waals surface area (Å²) >= 11 is 0. The Morgan fingerprint density at radius 2 is 2.09 bits per heavy atom. The topological polar surface area (TPSA) is 9.23 Å². The summed E-state index contributed by atoms with van der Waals surface area (Å²) in [5.74, 6) is 0.678. The van der Waals surface area contributed by atoms with Gasteiger partial charge in [0.25, 0.3) is 0 Å². The Kier molecular flexibility index (Phi) is 7.59. The van der Waals surface area contributed by atoms with E-state index in [9.17, 15) is 0 Å². The van der Waals surface area contributed by atoms with E-state index in [2.05, 4.69) is 13.5 Å². The average Bonchev–Trinajstić information content (AvgIpc) is 2.04. The van der Waals surface area contributed by atoms with Crippen LogP contribution in [0.4, 0.5) is 0 Å². The van der Waals surface area contributed by atoms with Gasteiger partial charge in [-0.15, -0.1) is 6.58 Å². The summed E-state index contributed by atoms with van der Waals surface area (Å²) in [5.41, 5.74) is 0. The second kappa shape index (κ2) is 7.80. The van der Waals surface area contributed by atoms with Crippen molar-refractivity contribution in [2.45, 2.75) is 32.6 Å². The van der Waals surface area contributed by atoms with Crippen LogP contribution in [-0.4, -0.2) is 13.7 Å². The highest BCUT2D eigenvalue weighted by molar-refractivity contribution is 4.74. The summed E-state index contributed by atoms with van der Waals surface area (Å²) in [6, 6.07) is 0. The van der Waals surface area contributed by atoms with Gasteiger partial charge in [-0.1, -0.05) is 25.8 Å². The van der Waals surface area contributed by atoms with Gasteiger partial charge in [0.15, 0.2) is 0 Å². The Labute approximate surface area is 70.4 Å². The first-order valence-corrected chi connectivity index (χ1v) is 4.42. The van der Waals surface area contributed by atoms with Crippen LogP contribution in [0.2, 0.25) is 0 Å². The lowest BCUT2D eigenvalue weighted by atomic mass is 10.0. The van der Waals surface area contributed by atoms with Crippen molar-refractivity contribution < 1.29 is 4.74 Å². The van der Waals surface area contributed by atoms with Crippen LogP contribution in [0.15, 0.2) is 12.7 Å². The van der Waals surface area contributed by atoms with Crippen molar-refractivity contribution in [3.05, 3.63) is 12.7 Å². The molecule has 0 heterocycles. The first kappa shape index (κ1) is 10.7. The van der Waals surface area contributed by atoms with E-state index >= 15 is 0 Å². The second-order valence-corrected chi connectivity index (χ2v) is 3.06. The van der Waals surface area contributed by atoms with E-state index in [1.807, 2.05) is 6.08 Å². The van der Waals surface area contributed by atoms with Crippen LogP contribution in [0.1, 0.15) is 32.6 Å². The largest absolute Gasteiger partial charge is 0.385 e. The van der Waals surface area contributed by atoms with Crippen molar-refractivity contribution in [3.8, 4) is 0 Å². The maximum absolute atomic E-state index is 4.96. The molecular weight excluding hydrogens is 136 g/mol. The zero-order valence-corrected chi connectivity index (χ0v) is 7.81. The number of ether oxygens (including phenoxy) is 1. The minimum atomic E-state index is 0.678. The van der Waals surface area contributed by atoms with Crippen LogP contribution in [0.3, 0.4) is 0 Å². The number of hydrogen-bond acceptors (Lipinski definition) is 1. The average molecular weight is 156 g/mol. The lowest BCUT2D eigenvalue weighted by Gasteiger charge is -2.04. The van der Waals surface area contributed by atoms with Crippen LogP contribution in [0.5, 0.6) is 0 Å². The standard InChI is InChI=1S/C10H20O/c1-4-10(2)8-6-5-7-9-11-3/h4,10H,1,5-9H2,2-3H3. The minimum absolute atomic E-state index is 0.678. The zero-order chi connectivity index (χ0) is 8.53. The Balaban J connectivity index is 2.95. The molecule has 1 nitrogen and oxygen atoms in total. The van der Waals surface area contributed by atoms with E-state index in [0.29, 0.717) is 5.92 Å². The van der Waals surface area contributed by atoms with E-state index in [1.54, 1.807) is 7.11 Å². The van der Waals surface area contributed by atoms with Crippen LogP contribution in [0, 0.1) is 5.92 Å². The first-order valence-electron chi connectivity index (χ1n) is 4.42. The van der Waals surface area contributed by atoms with Gasteiger partial charge in [-0.2, -0.15) is 0 Å². The van der Waals surface area contributed by atoms with E-state index < -0.39 is 0 Å². The molecule has 0 saturated heterocycles. The lowest BCUT2D eigenvalue weighted by molar-refractivity contribution is 0.191. The molecule has 0 aliphatic rings. The molecule has 0 rings (SSSR count). The molecule has 1 unspecified atom stereocenters. The number of unbranched alkanes of at least 4 members (excludes halogenated alkanes) is 2. The molecule has 0 aliphatic heterocycles. The van der Waals surface area contributed by atoms with Gasteiger partial charge >= 0.3 is 0 Å². The monoisotopic (exact) mass is 156 g/mol. The Bertz CT molecular complexity index is 88.9. The van der Waals surface area contributed by atoms with Crippen LogP contribution in [0.25, 0.3) is 0 Å². The molecule has 0 spiro atoms.